The van der Waals surface area contributed by atoms with Crippen LogP contribution < -0.4 is 4.74 Å². The first kappa shape index (κ1) is 15.1. The lowest BCUT2D eigenvalue weighted by Gasteiger charge is -2.05. The first-order valence-electron chi connectivity index (χ1n) is 7.55. The maximum Gasteiger partial charge on any atom is 0.363 e. The number of benzene rings is 1. The van der Waals surface area contributed by atoms with Gasteiger partial charge in [-0.05, 0) is 42.8 Å². The normalized spacial score (nSPS) is 15.6. The van der Waals surface area contributed by atoms with Gasteiger partial charge in [0.1, 0.15) is 11.5 Å². The summed E-state index contributed by atoms with van der Waals surface area (Å²) in [5.74, 6) is 1.15. The molecule has 0 radical (unpaired) electrons. The molecule has 0 bridgehead atoms. The summed E-state index contributed by atoms with van der Waals surface area (Å²) in [6.07, 6.45) is 5.20. The topological polar surface area (TPSA) is 61.0 Å². The van der Waals surface area contributed by atoms with Gasteiger partial charge in [-0.25, -0.2) is 9.79 Å². The summed E-state index contributed by atoms with van der Waals surface area (Å²) >= 11 is 0. The Morgan fingerprint density at radius 1 is 1.22 bits per heavy atom. The lowest BCUT2D eigenvalue weighted by molar-refractivity contribution is -0.129. The van der Waals surface area contributed by atoms with E-state index < -0.39 is 5.97 Å². The number of furan rings is 1. The highest BCUT2D eigenvalue weighted by atomic mass is 16.6. The molecule has 23 heavy (non-hydrogen) atoms. The predicted octanol–water partition coefficient (Wildman–Crippen LogP) is 3.80. The summed E-state index contributed by atoms with van der Waals surface area (Å²) in [5, 5.41) is 0. The molecule has 2 heterocycles. The summed E-state index contributed by atoms with van der Waals surface area (Å²) in [6, 6.07) is 10.8. The van der Waals surface area contributed by atoms with Crippen molar-refractivity contribution in [2.45, 2.75) is 19.8 Å². The molecule has 0 aliphatic carbocycles. The molecule has 1 aliphatic heterocycles. The van der Waals surface area contributed by atoms with Crippen molar-refractivity contribution in [3.63, 3.8) is 0 Å². The van der Waals surface area contributed by atoms with E-state index in [1.165, 1.54) is 6.26 Å². The number of esters is 1. The molecule has 0 amide bonds. The van der Waals surface area contributed by atoms with E-state index in [9.17, 15) is 4.79 Å². The number of ether oxygens (including phenoxy) is 2. The van der Waals surface area contributed by atoms with Gasteiger partial charge in [0.15, 0.2) is 5.70 Å². The number of hydrogen-bond acceptors (Lipinski definition) is 5. The van der Waals surface area contributed by atoms with E-state index in [-0.39, 0.29) is 11.6 Å². The van der Waals surface area contributed by atoms with Crippen LogP contribution in [0.4, 0.5) is 0 Å². The third kappa shape index (κ3) is 3.69. The highest BCUT2D eigenvalue weighted by Crippen LogP contribution is 2.21. The molecule has 2 aromatic rings. The van der Waals surface area contributed by atoms with Crippen molar-refractivity contribution in [3.8, 4) is 5.75 Å². The number of unbranched alkanes of at least 4 members (excludes halogenated alkanes) is 1. The lowest BCUT2D eigenvalue weighted by atomic mass is 10.2. The third-order valence-corrected chi connectivity index (χ3v) is 3.31. The fourth-order valence-electron chi connectivity index (χ4n) is 2.07. The van der Waals surface area contributed by atoms with E-state index in [0.717, 1.165) is 24.2 Å². The standard InChI is InChI=1S/C18H17NO4/c1-2-3-10-21-14-8-6-13(7-9-14)17-19-16(18(20)23-17)12-15-5-4-11-22-15/h4-9,11-12H,2-3,10H2,1H3/b16-12-. The van der Waals surface area contributed by atoms with Gasteiger partial charge in [0.25, 0.3) is 0 Å². The predicted molar refractivity (Wildman–Crippen MR) is 86.2 cm³/mol. The fraction of sp³-hybridized carbons (Fsp3) is 0.222. The van der Waals surface area contributed by atoms with Crippen LogP contribution in [0.15, 0.2) is 57.8 Å². The molecule has 5 heteroatoms. The number of carbonyl (C=O) groups is 1. The minimum absolute atomic E-state index is 0.221. The summed E-state index contributed by atoms with van der Waals surface area (Å²) < 4.78 is 16.0. The van der Waals surface area contributed by atoms with Crippen molar-refractivity contribution < 1.29 is 18.7 Å². The van der Waals surface area contributed by atoms with Gasteiger partial charge in [-0.2, -0.15) is 0 Å². The highest BCUT2D eigenvalue weighted by Gasteiger charge is 2.24. The first-order valence-corrected chi connectivity index (χ1v) is 7.55. The molecule has 0 saturated heterocycles. The van der Waals surface area contributed by atoms with Gasteiger partial charge >= 0.3 is 5.97 Å². The molecule has 5 nitrogen and oxygen atoms in total. The number of hydrogen-bond donors (Lipinski definition) is 0. The van der Waals surface area contributed by atoms with Gasteiger partial charge in [0.05, 0.1) is 12.9 Å². The Labute approximate surface area is 134 Å². The van der Waals surface area contributed by atoms with Gasteiger partial charge in [0.2, 0.25) is 5.90 Å². The van der Waals surface area contributed by atoms with Crippen molar-refractivity contribution in [2.75, 3.05) is 6.61 Å². The molecule has 1 aromatic heterocycles. The number of rotatable bonds is 6. The van der Waals surface area contributed by atoms with Crippen molar-refractivity contribution in [1.82, 2.24) is 0 Å². The molecule has 0 N–H and O–H groups in total. The van der Waals surface area contributed by atoms with Gasteiger partial charge in [-0.15, -0.1) is 0 Å². The zero-order valence-electron chi connectivity index (χ0n) is 12.8. The lowest BCUT2D eigenvalue weighted by Crippen LogP contribution is -2.05. The van der Waals surface area contributed by atoms with Crippen LogP contribution in [0.25, 0.3) is 6.08 Å². The maximum absolute atomic E-state index is 11.9. The summed E-state index contributed by atoms with van der Waals surface area (Å²) in [4.78, 5) is 16.1. The van der Waals surface area contributed by atoms with Gasteiger partial charge in [-0.1, -0.05) is 13.3 Å². The van der Waals surface area contributed by atoms with Gasteiger partial charge < -0.3 is 13.9 Å². The number of aliphatic imine (C=N–C) groups is 1. The van der Waals surface area contributed by atoms with E-state index in [2.05, 4.69) is 11.9 Å². The molecule has 0 fully saturated rings. The average Bonchev–Trinajstić information content (AvgIpc) is 3.19. The van der Waals surface area contributed by atoms with Gasteiger partial charge in [0, 0.05) is 11.6 Å². The molecular formula is C18H17NO4. The molecular weight excluding hydrogens is 294 g/mol. The number of carbonyl (C=O) groups excluding carboxylic acids is 1. The second kappa shape index (κ2) is 6.96. The Hall–Kier alpha value is -2.82. The van der Waals surface area contributed by atoms with Crippen LogP contribution in [0.1, 0.15) is 31.1 Å². The Morgan fingerprint density at radius 2 is 2.04 bits per heavy atom. The van der Waals surface area contributed by atoms with E-state index >= 15 is 0 Å². The minimum atomic E-state index is -0.486. The maximum atomic E-state index is 11.9. The van der Waals surface area contributed by atoms with Crippen LogP contribution in [0.5, 0.6) is 5.75 Å². The fourth-order valence-corrected chi connectivity index (χ4v) is 2.07. The zero-order valence-corrected chi connectivity index (χ0v) is 12.8. The Bertz CT molecular complexity index is 727. The number of nitrogens with zero attached hydrogens (tertiary/aromatic N) is 1. The average molecular weight is 311 g/mol. The molecule has 0 atom stereocenters. The monoisotopic (exact) mass is 311 g/mol. The summed E-state index contributed by atoms with van der Waals surface area (Å²) in [7, 11) is 0. The summed E-state index contributed by atoms with van der Waals surface area (Å²) in [5.41, 5.74) is 0.947. The number of cyclic esters (lactones) is 1. The van der Waals surface area contributed by atoms with E-state index in [1.807, 2.05) is 24.3 Å². The second-order valence-corrected chi connectivity index (χ2v) is 5.08. The molecule has 0 unspecified atom stereocenters. The van der Waals surface area contributed by atoms with Crippen molar-refractivity contribution in [3.05, 3.63) is 59.7 Å². The third-order valence-electron chi connectivity index (χ3n) is 3.31. The smallest absolute Gasteiger partial charge is 0.363 e. The quantitative estimate of drug-likeness (QED) is 0.462. The van der Waals surface area contributed by atoms with Crippen molar-refractivity contribution in [1.29, 1.82) is 0 Å². The van der Waals surface area contributed by atoms with Gasteiger partial charge in [-0.3, -0.25) is 0 Å². The largest absolute Gasteiger partial charge is 0.494 e. The first-order chi connectivity index (χ1) is 11.3. The van der Waals surface area contributed by atoms with E-state index in [4.69, 9.17) is 13.9 Å². The Balaban J connectivity index is 1.73. The Morgan fingerprint density at radius 3 is 2.74 bits per heavy atom. The van der Waals surface area contributed by atoms with Crippen LogP contribution in [0.2, 0.25) is 0 Å². The van der Waals surface area contributed by atoms with E-state index in [0.29, 0.717) is 12.4 Å². The minimum Gasteiger partial charge on any atom is -0.494 e. The van der Waals surface area contributed by atoms with Crippen LogP contribution >= 0.6 is 0 Å². The molecule has 1 aliphatic rings. The SMILES string of the molecule is CCCCOc1ccc(C2=N/C(=C\c3ccco3)C(=O)O2)cc1. The van der Waals surface area contributed by atoms with Crippen LogP contribution in [-0.2, 0) is 9.53 Å². The second-order valence-electron chi connectivity index (χ2n) is 5.08. The molecule has 3 rings (SSSR count). The van der Waals surface area contributed by atoms with Crippen molar-refractivity contribution >= 4 is 17.9 Å². The van der Waals surface area contributed by atoms with Crippen molar-refractivity contribution in [2.24, 2.45) is 4.99 Å². The molecule has 1 aromatic carbocycles. The van der Waals surface area contributed by atoms with Crippen LogP contribution in [0.3, 0.4) is 0 Å². The molecule has 0 saturated carbocycles. The zero-order chi connectivity index (χ0) is 16.1. The van der Waals surface area contributed by atoms with Crippen LogP contribution in [-0.4, -0.2) is 18.5 Å². The Kier molecular flexibility index (Phi) is 4.57. The summed E-state index contributed by atoms with van der Waals surface area (Å²) in [6.45, 7) is 2.81. The molecule has 0 spiro atoms. The highest BCUT2D eigenvalue weighted by molar-refractivity contribution is 6.12. The molecule has 118 valence electrons. The van der Waals surface area contributed by atoms with Crippen LogP contribution in [0, 0.1) is 0 Å². The van der Waals surface area contributed by atoms with E-state index in [1.54, 1.807) is 18.2 Å².